The van der Waals surface area contributed by atoms with E-state index in [0.29, 0.717) is 32.7 Å². The maximum absolute atomic E-state index is 13.0. The second kappa shape index (κ2) is 10.4. The molecule has 1 aromatic rings. The number of aromatic nitrogens is 2. The molecule has 0 radical (unpaired) electrons. The largest absolute Gasteiger partial charge is 0.471 e. The van der Waals surface area contributed by atoms with Crippen molar-refractivity contribution in [2.45, 2.75) is 59.2 Å². The fourth-order valence-electron chi connectivity index (χ4n) is 3.39. The van der Waals surface area contributed by atoms with Gasteiger partial charge in [-0.05, 0) is 18.3 Å². The van der Waals surface area contributed by atoms with Crippen LogP contribution in [-0.2, 0) is 20.5 Å². The average Bonchev–Trinajstić information content (AvgIpc) is 3.21. The number of nitrogens with zero attached hydrogens (tertiary/aromatic N) is 3. The van der Waals surface area contributed by atoms with Crippen LogP contribution in [0.5, 0.6) is 0 Å². The van der Waals surface area contributed by atoms with Crippen LogP contribution in [0.25, 0.3) is 0 Å². The van der Waals surface area contributed by atoms with Crippen molar-refractivity contribution >= 4 is 17.6 Å². The van der Waals surface area contributed by atoms with E-state index in [1.807, 2.05) is 20.8 Å². The molecule has 12 heteroatoms. The highest BCUT2D eigenvalue weighted by atomic mass is 19.4. The number of nitrogens with one attached hydrogen (secondary N) is 1. The van der Waals surface area contributed by atoms with Crippen molar-refractivity contribution in [2.75, 3.05) is 26.3 Å². The molecule has 2 rings (SSSR count). The molecule has 2 heterocycles. The maximum Gasteiger partial charge on any atom is 0.471 e. The third-order valence-electron chi connectivity index (χ3n) is 4.94. The van der Waals surface area contributed by atoms with Gasteiger partial charge in [0.2, 0.25) is 23.4 Å². The lowest BCUT2D eigenvalue weighted by Crippen LogP contribution is -2.47. The van der Waals surface area contributed by atoms with Gasteiger partial charge in [-0.15, -0.1) is 0 Å². The van der Waals surface area contributed by atoms with E-state index in [-0.39, 0.29) is 24.2 Å². The Hall–Kier alpha value is -2.50. The molecule has 0 aliphatic carbocycles. The van der Waals surface area contributed by atoms with Crippen molar-refractivity contribution in [2.24, 2.45) is 11.3 Å². The lowest BCUT2D eigenvalue weighted by molar-refractivity contribution is -0.159. The van der Waals surface area contributed by atoms with Gasteiger partial charge >= 0.3 is 12.1 Å². The summed E-state index contributed by atoms with van der Waals surface area (Å²) in [6.07, 6.45) is -4.46. The minimum atomic E-state index is -4.88. The number of rotatable bonds is 8. The molecule has 0 aromatic carbocycles. The Bertz CT molecular complexity index is 813. The molecule has 0 spiro atoms. The number of carbonyl (C=O) groups excluding carboxylic acids is 3. The van der Waals surface area contributed by atoms with Gasteiger partial charge in [-0.1, -0.05) is 32.9 Å². The molecule has 1 aliphatic heterocycles. The van der Waals surface area contributed by atoms with Crippen molar-refractivity contribution < 1.29 is 36.8 Å². The summed E-state index contributed by atoms with van der Waals surface area (Å²) in [5.41, 5.74) is -0.283. The summed E-state index contributed by atoms with van der Waals surface area (Å²) in [5.74, 6) is -4.73. The van der Waals surface area contributed by atoms with Gasteiger partial charge in [-0.3, -0.25) is 14.4 Å². The third kappa shape index (κ3) is 7.28. The first-order valence-electron chi connectivity index (χ1n) is 10.4. The van der Waals surface area contributed by atoms with Crippen LogP contribution >= 0.6 is 0 Å². The Labute approximate surface area is 184 Å². The molecule has 2 atom stereocenters. The van der Waals surface area contributed by atoms with Crippen LogP contribution in [0.4, 0.5) is 13.2 Å². The van der Waals surface area contributed by atoms with Gasteiger partial charge in [-0.25, -0.2) is 0 Å². The van der Waals surface area contributed by atoms with Crippen LogP contribution < -0.4 is 5.32 Å². The van der Waals surface area contributed by atoms with E-state index in [1.54, 1.807) is 11.8 Å². The zero-order valence-electron chi connectivity index (χ0n) is 18.6. The van der Waals surface area contributed by atoms with Crippen LogP contribution in [0, 0.1) is 11.3 Å². The molecule has 1 fully saturated rings. The van der Waals surface area contributed by atoms with Gasteiger partial charge in [-0.2, -0.15) is 18.2 Å². The first-order valence-corrected chi connectivity index (χ1v) is 10.4. The van der Waals surface area contributed by atoms with Gasteiger partial charge < -0.3 is 19.5 Å². The van der Waals surface area contributed by atoms with Crippen LogP contribution in [0.3, 0.4) is 0 Å². The van der Waals surface area contributed by atoms with Gasteiger partial charge in [0.05, 0.1) is 19.3 Å². The molecular weight excluding hydrogens is 433 g/mol. The van der Waals surface area contributed by atoms with Crippen molar-refractivity contribution in [3.8, 4) is 0 Å². The number of Topliss-reactive ketones (excluding diaryl/α,β-unsaturated/α-hetero) is 1. The van der Waals surface area contributed by atoms with Crippen molar-refractivity contribution in [1.82, 2.24) is 20.4 Å². The second-order valence-electron chi connectivity index (χ2n) is 8.91. The number of alkyl halides is 3. The molecular formula is C20H29F3N4O5. The fourth-order valence-corrected chi connectivity index (χ4v) is 3.39. The normalized spacial score (nSPS) is 17.0. The number of carbonyl (C=O) groups is 3. The van der Waals surface area contributed by atoms with Gasteiger partial charge in [0, 0.05) is 25.4 Å². The van der Waals surface area contributed by atoms with Crippen LogP contribution in [0.1, 0.15) is 63.5 Å². The number of amides is 2. The first-order chi connectivity index (χ1) is 14.8. The average molecular weight is 462 g/mol. The number of halogens is 3. The molecule has 180 valence electrons. The first kappa shape index (κ1) is 25.8. The summed E-state index contributed by atoms with van der Waals surface area (Å²) >= 11 is 0. The highest BCUT2D eigenvalue weighted by Crippen LogP contribution is 2.29. The molecule has 1 aromatic heterocycles. The Morgan fingerprint density at radius 1 is 1.16 bits per heavy atom. The summed E-state index contributed by atoms with van der Waals surface area (Å²) < 4.78 is 47.4. The smallest absolute Gasteiger partial charge is 0.378 e. The molecule has 0 saturated carbocycles. The van der Waals surface area contributed by atoms with Crippen LogP contribution in [0.15, 0.2) is 4.52 Å². The molecule has 32 heavy (non-hydrogen) atoms. The standard InChI is InChI=1S/C20H29F3N4O5/c1-5-13(15(29)16-25-18(32-26-16)20(21,22)23)24-17(30)12(11-19(2,3)4)10-14(28)27-6-8-31-9-7-27/h12-13H,5-11H2,1-4H3,(H,24,30)/t12-,13-/m1/s1. The van der Waals surface area contributed by atoms with Crippen LogP contribution in [-0.4, -0.2) is 65.0 Å². The molecule has 0 unspecified atom stereocenters. The van der Waals surface area contributed by atoms with E-state index in [0.717, 1.165) is 0 Å². The second-order valence-corrected chi connectivity index (χ2v) is 8.91. The number of hydrogen-bond donors (Lipinski definition) is 1. The monoisotopic (exact) mass is 462 g/mol. The summed E-state index contributed by atoms with van der Waals surface area (Å²) in [5, 5.41) is 5.65. The van der Waals surface area contributed by atoms with Gasteiger partial charge in [0.15, 0.2) is 0 Å². The van der Waals surface area contributed by atoms with E-state index in [2.05, 4.69) is 20.0 Å². The Kier molecular flexibility index (Phi) is 8.38. The number of hydrogen-bond acceptors (Lipinski definition) is 7. The number of morpholine rings is 1. The zero-order chi connectivity index (χ0) is 24.1. The predicted octanol–water partition coefficient (Wildman–Crippen LogP) is 2.47. The minimum Gasteiger partial charge on any atom is -0.378 e. The molecule has 9 nitrogen and oxygen atoms in total. The lowest BCUT2D eigenvalue weighted by atomic mass is 9.82. The van der Waals surface area contributed by atoms with Gasteiger partial charge in [0.1, 0.15) is 0 Å². The van der Waals surface area contributed by atoms with Crippen molar-refractivity contribution in [3.05, 3.63) is 11.7 Å². The van der Waals surface area contributed by atoms with E-state index >= 15 is 0 Å². The minimum absolute atomic E-state index is 0.0475. The summed E-state index contributed by atoms with van der Waals surface area (Å²) in [6.45, 7) is 9.10. The van der Waals surface area contributed by atoms with Crippen molar-refractivity contribution in [3.63, 3.8) is 0 Å². The lowest BCUT2D eigenvalue weighted by Gasteiger charge is -2.30. The topological polar surface area (TPSA) is 115 Å². The van der Waals surface area contributed by atoms with E-state index < -0.39 is 41.5 Å². The summed E-state index contributed by atoms with van der Waals surface area (Å²) in [6, 6.07) is -1.15. The highest BCUT2D eigenvalue weighted by Gasteiger charge is 2.40. The molecule has 1 saturated heterocycles. The van der Waals surface area contributed by atoms with Gasteiger partial charge in [0.25, 0.3) is 0 Å². The van der Waals surface area contributed by atoms with Crippen LogP contribution in [0.2, 0.25) is 0 Å². The molecule has 2 amide bonds. The Balaban J connectivity index is 2.12. The third-order valence-corrected chi connectivity index (χ3v) is 4.94. The number of ketones is 1. The molecule has 0 bridgehead atoms. The summed E-state index contributed by atoms with van der Waals surface area (Å²) in [4.78, 5) is 43.0. The van der Waals surface area contributed by atoms with E-state index in [4.69, 9.17) is 4.74 Å². The summed E-state index contributed by atoms with van der Waals surface area (Å²) in [7, 11) is 0. The van der Waals surface area contributed by atoms with Crippen molar-refractivity contribution in [1.29, 1.82) is 0 Å². The number of ether oxygens (including phenoxy) is 1. The fraction of sp³-hybridized carbons (Fsp3) is 0.750. The predicted molar refractivity (Wildman–Crippen MR) is 105 cm³/mol. The Morgan fingerprint density at radius 2 is 1.78 bits per heavy atom. The Morgan fingerprint density at radius 3 is 2.28 bits per heavy atom. The molecule has 1 N–H and O–H groups in total. The molecule has 1 aliphatic rings. The maximum atomic E-state index is 13.0. The van der Waals surface area contributed by atoms with E-state index in [9.17, 15) is 27.6 Å². The quantitative estimate of drug-likeness (QED) is 0.590. The zero-order valence-corrected chi connectivity index (χ0v) is 18.6. The highest BCUT2D eigenvalue weighted by molar-refractivity contribution is 5.99. The SMILES string of the molecule is CC[C@@H](NC(=O)[C@H](CC(=O)N1CCOCC1)CC(C)(C)C)C(=O)c1noc(C(F)(F)F)n1. The van der Waals surface area contributed by atoms with E-state index in [1.165, 1.54) is 0 Å².